The van der Waals surface area contributed by atoms with Gasteiger partial charge in [0.1, 0.15) is 11.3 Å². The van der Waals surface area contributed by atoms with E-state index in [4.69, 9.17) is 20.1 Å². The summed E-state index contributed by atoms with van der Waals surface area (Å²) in [6.07, 6.45) is 3.78. The number of fused-ring (bicyclic) bond motifs is 1. The number of aliphatic hydroxyl groups excluding tert-OH is 3. The highest BCUT2D eigenvalue weighted by Gasteiger charge is 2.29. The second kappa shape index (κ2) is 6.71. The maximum atomic E-state index is 11.8. The van der Waals surface area contributed by atoms with Crippen LogP contribution in [0.1, 0.15) is 11.1 Å². The van der Waals surface area contributed by atoms with Gasteiger partial charge in [-0.2, -0.15) is 0 Å². The van der Waals surface area contributed by atoms with Gasteiger partial charge in [0.15, 0.2) is 0 Å². The maximum absolute atomic E-state index is 11.8. The van der Waals surface area contributed by atoms with E-state index in [1.54, 1.807) is 6.08 Å². The molecule has 0 aliphatic carbocycles. The van der Waals surface area contributed by atoms with Crippen molar-refractivity contribution in [3.8, 4) is 5.75 Å². The summed E-state index contributed by atoms with van der Waals surface area (Å²) in [6.45, 7) is -0.962. The number of amides is 1. The van der Waals surface area contributed by atoms with Crippen LogP contribution in [0.15, 0.2) is 24.3 Å². The highest BCUT2D eigenvalue weighted by atomic mass is 16.5. The van der Waals surface area contributed by atoms with E-state index < -0.39 is 31.3 Å². The Labute approximate surface area is 122 Å². The molecule has 114 valence electrons. The van der Waals surface area contributed by atoms with E-state index >= 15 is 0 Å². The highest BCUT2D eigenvalue weighted by molar-refractivity contribution is 5.92. The molecule has 6 heteroatoms. The van der Waals surface area contributed by atoms with Gasteiger partial charge >= 0.3 is 0 Å². The molecule has 0 atom stereocenters. The lowest BCUT2D eigenvalue weighted by Crippen LogP contribution is -2.56. The third-order valence-corrected chi connectivity index (χ3v) is 3.44. The van der Waals surface area contributed by atoms with Crippen molar-refractivity contribution in [3.63, 3.8) is 0 Å². The Morgan fingerprint density at radius 3 is 2.67 bits per heavy atom. The molecule has 0 saturated carbocycles. The second-order valence-corrected chi connectivity index (χ2v) is 5.04. The van der Waals surface area contributed by atoms with Gasteiger partial charge in [0.05, 0.1) is 26.4 Å². The SMILES string of the molecule is O=C(/C=C/c1ccc2c(c1)CCO2)NC(CO)(CO)CO. The van der Waals surface area contributed by atoms with Crippen LogP contribution in [-0.2, 0) is 11.2 Å². The minimum atomic E-state index is -1.41. The molecule has 4 N–H and O–H groups in total. The number of carbonyl (C=O) groups excluding carboxylic acids is 1. The Morgan fingerprint density at radius 1 is 1.29 bits per heavy atom. The van der Waals surface area contributed by atoms with Crippen LogP contribution in [0.4, 0.5) is 0 Å². The Bertz CT molecular complexity index is 529. The number of nitrogens with one attached hydrogen (secondary N) is 1. The molecule has 0 unspecified atom stereocenters. The number of benzene rings is 1. The minimum absolute atomic E-state index is 0.496. The number of rotatable bonds is 6. The average Bonchev–Trinajstić information content (AvgIpc) is 2.98. The quantitative estimate of drug-likeness (QED) is 0.528. The van der Waals surface area contributed by atoms with Crippen LogP contribution in [0.25, 0.3) is 6.08 Å². The average molecular weight is 293 g/mol. The zero-order valence-corrected chi connectivity index (χ0v) is 11.6. The summed E-state index contributed by atoms with van der Waals surface area (Å²) >= 11 is 0. The smallest absolute Gasteiger partial charge is 0.244 e. The van der Waals surface area contributed by atoms with Gasteiger partial charge in [-0.25, -0.2) is 0 Å². The third kappa shape index (κ3) is 3.60. The fourth-order valence-electron chi connectivity index (χ4n) is 2.05. The molecule has 0 bridgehead atoms. The Kier molecular flexibility index (Phi) is 4.95. The first-order chi connectivity index (χ1) is 10.1. The molecule has 21 heavy (non-hydrogen) atoms. The van der Waals surface area contributed by atoms with Gasteiger partial charge < -0.3 is 25.4 Å². The van der Waals surface area contributed by atoms with Crippen LogP contribution in [0.5, 0.6) is 5.75 Å². The van der Waals surface area contributed by atoms with Crippen molar-refractivity contribution >= 4 is 12.0 Å². The lowest BCUT2D eigenvalue weighted by molar-refractivity contribution is -0.120. The minimum Gasteiger partial charge on any atom is -0.493 e. The first-order valence-electron chi connectivity index (χ1n) is 6.71. The molecule has 1 aliphatic rings. The molecule has 0 fully saturated rings. The molecular weight excluding hydrogens is 274 g/mol. The molecule has 1 aromatic rings. The van der Waals surface area contributed by atoms with E-state index in [9.17, 15) is 4.79 Å². The lowest BCUT2D eigenvalue weighted by atomic mass is 10.0. The number of carbonyl (C=O) groups is 1. The Morgan fingerprint density at radius 2 is 2.00 bits per heavy atom. The van der Waals surface area contributed by atoms with Crippen LogP contribution >= 0.6 is 0 Å². The van der Waals surface area contributed by atoms with Gasteiger partial charge in [-0.3, -0.25) is 4.79 Å². The van der Waals surface area contributed by atoms with Gasteiger partial charge in [-0.1, -0.05) is 6.07 Å². The van der Waals surface area contributed by atoms with Crippen molar-refractivity contribution in [2.75, 3.05) is 26.4 Å². The number of hydrogen-bond donors (Lipinski definition) is 4. The molecule has 0 radical (unpaired) electrons. The molecule has 0 aromatic heterocycles. The predicted octanol–water partition coefficient (Wildman–Crippen LogP) is -0.533. The molecular formula is C15H19NO5. The van der Waals surface area contributed by atoms with E-state index in [0.717, 1.165) is 23.3 Å². The van der Waals surface area contributed by atoms with E-state index in [1.807, 2.05) is 18.2 Å². The molecule has 1 aromatic carbocycles. The molecule has 1 heterocycles. The van der Waals surface area contributed by atoms with Gasteiger partial charge in [-0.05, 0) is 29.3 Å². The van der Waals surface area contributed by atoms with Gasteiger partial charge in [-0.15, -0.1) is 0 Å². The summed E-state index contributed by atoms with van der Waals surface area (Å²) in [5.74, 6) is 0.375. The van der Waals surface area contributed by atoms with Crippen LogP contribution in [0.3, 0.4) is 0 Å². The highest BCUT2D eigenvalue weighted by Crippen LogP contribution is 2.26. The molecule has 0 saturated heterocycles. The normalized spacial score (nSPS) is 14.0. The maximum Gasteiger partial charge on any atom is 0.244 e. The first-order valence-corrected chi connectivity index (χ1v) is 6.71. The summed E-state index contributed by atoms with van der Waals surface area (Å²) in [7, 11) is 0. The van der Waals surface area contributed by atoms with Crippen molar-refractivity contribution in [1.29, 1.82) is 0 Å². The number of ether oxygens (including phenoxy) is 1. The van der Waals surface area contributed by atoms with Crippen molar-refractivity contribution < 1.29 is 24.9 Å². The zero-order chi connectivity index (χ0) is 15.3. The van der Waals surface area contributed by atoms with Crippen LogP contribution in [-0.4, -0.2) is 53.2 Å². The van der Waals surface area contributed by atoms with Crippen molar-refractivity contribution in [1.82, 2.24) is 5.32 Å². The lowest BCUT2D eigenvalue weighted by Gasteiger charge is -2.27. The van der Waals surface area contributed by atoms with Crippen molar-refractivity contribution in [2.45, 2.75) is 12.0 Å². The summed E-state index contributed by atoms with van der Waals surface area (Å²) in [4.78, 5) is 11.8. The fourth-order valence-corrected chi connectivity index (χ4v) is 2.05. The van der Waals surface area contributed by atoms with Crippen LogP contribution < -0.4 is 10.1 Å². The van der Waals surface area contributed by atoms with Gasteiger partial charge in [0.25, 0.3) is 0 Å². The molecule has 6 nitrogen and oxygen atoms in total. The monoisotopic (exact) mass is 293 g/mol. The topological polar surface area (TPSA) is 99.0 Å². The van der Waals surface area contributed by atoms with Crippen molar-refractivity contribution in [3.05, 3.63) is 35.4 Å². The number of hydrogen-bond acceptors (Lipinski definition) is 5. The van der Waals surface area contributed by atoms with E-state index in [2.05, 4.69) is 5.32 Å². The fraction of sp³-hybridized carbons (Fsp3) is 0.400. The largest absolute Gasteiger partial charge is 0.493 e. The van der Waals surface area contributed by atoms with Gasteiger partial charge in [0.2, 0.25) is 5.91 Å². The second-order valence-electron chi connectivity index (χ2n) is 5.04. The summed E-state index contributed by atoms with van der Waals surface area (Å²) in [5, 5.41) is 29.8. The van der Waals surface area contributed by atoms with E-state index in [1.165, 1.54) is 6.08 Å². The van der Waals surface area contributed by atoms with Crippen LogP contribution in [0.2, 0.25) is 0 Å². The predicted molar refractivity (Wildman–Crippen MR) is 76.8 cm³/mol. The summed E-state index contributed by atoms with van der Waals surface area (Å²) in [5.41, 5.74) is 0.553. The molecule has 1 amide bonds. The molecule has 1 aliphatic heterocycles. The van der Waals surface area contributed by atoms with E-state index in [0.29, 0.717) is 6.61 Å². The molecule has 0 spiro atoms. The van der Waals surface area contributed by atoms with E-state index in [-0.39, 0.29) is 0 Å². The van der Waals surface area contributed by atoms with Crippen molar-refractivity contribution in [2.24, 2.45) is 0 Å². The summed E-state index contributed by atoms with van der Waals surface area (Å²) < 4.78 is 5.40. The summed E-state index contributed by atoms with van der Waals surface area (Å²) in [6, 6.07) is 5.65. The zero-order valence-electron chi connectivity index (χ0n) is 11.6. The van der Waals surface area contributed by atoms with Gasteiger partial charge in [0, 0.05) is 12.5 Å². The van der Waals surface area contributed by atoms with Crippen LogP contribution in [0, 0.1) is 0 Å². The molecule has 2 rings (SSSR count). The standard InChI is InChI=1S/C15H19NO5/c17-8-15(9-18,10-19)16-14(20)4-2-11-1-3-13-12(7-11)5-6-21-13/h1-4,7,17-19H,5-6,8-10H2,(H,16,20)/b4-2+. The Hall–Kier alpha value is -1.89. The first kappa shape index (κ1) is 15.5. The third-order valence-electron chi connectivity index (χ3n) is 3.44. The Balaban J connectivity index is 2.02. The number of aliphatic hydroxyl groups is 3.